The Hall–Kier alpha value is -3.32. The molecule has 1 aliphatic rings. The van der Waals surface area contributed by atoms with Crippen molar-refractivity contribution < 1.29 is 0 Å². The summed E-state index contributed by atoms with van der Waals surface area (Å²) in [6.45, 7) is 6.66. The molecule has 1 N–H and O–H groups in total. The zero-order chi connectivity index (χ0) is 23.5. The lowest BCUT2D eigenvalue weighted by atomic mass is 9.99. The number of nitrogens with one attached hydrogen (secondary N) is 1. The van der Waals surface area contributed by atoms with Crippen LogP contribution in [0.1, 0.15) is 59.8 Å². The number of H-pyrrole nitrogens is 1. The molecule has 0 unspecified atom stereocenters. The van der Waals surface area contributed by atoms with E-state index >= 15 is 0 Å². The summed E-state index contributed by atoms with van der Waals surface area (Å²) in [4.78, 5) is 19.1. The molecule has 0 amide bonds. The molecule has 7 nitrogen and oxygen atoms in total. The van der Waals surface area contributed by atoms with Crippen LogP contribution in [0, 0.1) is 13.8 Å². The number of hydrogen-bond donors (Lipinski definition) is 1. The minimum absolute atomic E-state index is 0.0620. The molecule has 176 valence electrons. The molecule has 2 aromatic heterocycles. The molecule has 0 radical (unpaired) electrons. The van der Waals surface area contributed by atoms with Gasteiger partial charge in [-0.1, -0.05) is 55.3 Å². The summed E-state index contributed by atoms with van der Waals surface area (Å²) in [5.74, 6) is 0.744. The van der Waals surface area contributed by atoms with Gasteiger partial charge >= 0.3 is 0 Å². The Bertz CT molecular complexity index is 1320. The summed E-state index contributed by atoms with van der Waals surface area (Å²) in [5.41, 5.74) is 5.03. The summed E-state index contributed by atoms with van der Waals surface area (Å²) in [6, 6.07) is 16.3. The molecule has 4 aromatic rings. The average Bonchev–Trinajstić information content (AvgIpc) is 3.14. The van der Waals surface area contributed by atoms with Gasteiger partial charge < -0.3 is 4.98 Å². The van der Waals surface area contributed by atoms with Crippen LogP contribution in [-0.2, 0) is 13.0 Å². The van der Waals surface area contributed by atoms with Crippen LogP contribution in [0.5, 0.6) is 0 Å². The molecule has 0 bridgehead atoms. The second-order valence-electron chi connectivity index (χ2n) is 9.39. The van der Waals surface area contributed by atoms with Crippen molar-refractivity contribution in [2.45, 2.75) is 58.5 Å². The van der Waals surface area contributed by atoms with Crippen molar-refractivity contribution in [2.75, 3.05) is 13.1 Å². The van der Waals surface area contributed by atoms with Crippen molar-refractivity contribution in [3.05, 3.63) is 87.0 Å². The van der Waals surface area contributed by atoms with Gasteiger partial charge in [0, 0.05) is 17.5 Å². The number of aryl methyl sites for hydroxylation is 4. The molecule has 7 heteroatoms. The summed E-state index contributed by atoms with van der Waals surface area (Å²) in [5, 5.41) is 13.9. The minimum Gasteiger partial charge on any atom is -0.321 e. The van der Waals surface area contributed by atoms with E-state index in [0.717, 1.165) is 65.8 Å². The lowest BCUT2D eigenvalue weighted by Gasteiger charge is -2.29. The van der Waals surface area contributed by atoms with Crippen LogP contribution >= 0.6 is 0 Å². The Labute approximate surface area is 199 Å². The van der Waals surface area contributed by atoms with Gasteiger partial charge in [-0.15, -0.1) is 5.10 Å². The predicted molar refractivity (Wildman–Crippen MR) is 134 cm³/mol. The smallest absolute Gasteiger partial charge is 0.253 e. The quantitative estimate of drug-likeness (QED) is 0.467. The maximum atomic E-state index is 13.5. The fourth-order valence-electron chi connectivity index (χ4n) is 5.09. The van der Waals surface area contributed by atoms with E-state index in [4.69, 9.17) is 0 Å². The summed E-state index contributed by atoms with van der Waals surface area (Å²) < 4.78 is 1.88. The van der Waals surface area contributed by atoms with Gasteiger partial charge in [-0.05, 0) is 79.4 Å². The lowest BCUT2D eigenvalue weighted by Crippen LogP contribution is -2.36. The molecule has 1 fully saturated rings. The summed E-state index contributed by atoms with van der Waals surface area (Å²) >= 11 is 0. The molecular formula is C27H32N6O. The molecule has 0 saturated carbocycles. The SMILES string of the molecule is Cc1ccc(C)c2[nH]c(=O)c([C@H](c3nnnn3CCc3ccccc3)N3CCCCCC3)cc12. The van der Waals surface area contributed by atoms with Gasteiger partial charge in [0.15, 0.2) is 5.82 Å². The van der Waals surface area contributed by atoms with Crippen molar-refractivity contribution in [3.8, 4) is 0 Å². The van der Waals surface area contributed by atoms with E-state index in [9.17, 15) is 4.79 Å². The third-order valence-corrected chi connectivity index (χ3v) is 7.03. The number of tetrazole rings is 1. The number of benzene rings is 2. The second-order valence-corrected chi connectivity index (χ2v) is 9.39. The Morgan fingerprint density at radius 1 is 0.971 bits per heavy atom. The van der Waals surface area contributed by atoms with Crippen LogP contribution in [0.15, 0.2) is 53.3 Å². The molecule has 1 atom stereocenters. The van der Waals surface area contributed by atoms with Crippen LogP contribution in [-0.4, -0.2) is 43.2 Å². The van der Waals surface area contributed by atoms with Gasteiger partial charge in [0.2, 0.25) is 0 Å². The molecule has 5 rings (SSSR count). The average molecular weight is 457 g/mol. The molecule has 0 spiro atoms. The maximum Gasteiger partial charge on any atom is 0.253 e. The first-order chi connectivity index (χ1) is 16.6. The van der Waals surface area contributed by atoms with Crippen molar-refractivity contribution >= 4 is 10.9 Å². The van der Waals surface area contributed by atoms with E-state index < -0.39 is 0 Å². The van der Waals surface area contributed by atoms with Crippen LogP contribution in [0.4, 0.5) is 0 Å². The standard InChI is InChI=1S/C27H32N6O/c1-19-12-13-20(2)24-22(19)18-23(27(34)28-24)25(32-15-8-3-4-9-16-32)26-29-30-31-33(26)17-14-21-10-6-5-7-11-21/h5-7,10-13,18,25H,3-4,8-9,14-17H2,1-2H3,(H,28,34)/t25-/m1/s1. The van der Waals surface area contributed by atoms with E-state index in [-0.39, 0.29) is 11.6 Å². The lowest BCUT2D eigenvalue weighted by molar-refractivity contribution is 0.220. The Balaban J connectivity index is 1.59. The Morgan fingerprint density at radius 2 is 1.71 bits per heavy atom. The van der Waals surface area contributed by atoms with Gasteiger partial charge in [0.25, 0.3) is 5.56 Å². The molecule has 3 heterocycles. The van der Waals surface area contributed by atoms with Gasteiger partial charge in [-0.3, -0.25) is 9.69 Å². The number of nitrogens with zero attached hydrogens (tertiary/aromatic N) is 5. The molecule has 34 heavy (non-hydrogen) atoms. The number of hydrogen-bond acceptors (Lipinski definition) is 5. The van der Waals surface area contributed by atoms with E-state index in [1.54, 1.807) is 0 Å². The number of aromatic nitrogens is 5. The monoisotopic (exact) mass is 456 g/mol. The highest BCUT2D eigenvalue weighted by molar-refractivity contribution is 5.85. The number of pyridine rings is 1. The van der Waals surface area contributed by atoms with Crippen LogP contribution < -0.4 is 5.56 Å². The van der Waals surface area contributed by atoms with Gasteiger partial charge in [-0.2, -0.15) is 0 Å². The Morgan fingerprint density at radius 3 is 2.47 bits per heavy atom. The molecule has 2 aromatic carbocycles. The molecular weight excluding hydrogens is 424 g/mol. The summed E-state index contributed by atoms with van der Waals surface area (Å²) in [6.07, 6.45) is 5.50. The van der Waals surface area contributed by atoms with Crippen LogP contribution in [0.2, 0.25) is 0 Å². The largest absolute Gasteiger partial charge is 0.321 e. The fourth-order valence-corrected chi connectivity index (χ4v) is 5.09. The maximum absolute atomic E-state index is 13.5. The summed E-state index contributed by atoms with van der Waals surface area (Å²) in [7, 11) is 0. The number of aromatic amines is 1. The highest BCUT2D eigenvalue weighted by Gasteiger charge is 2.31. The van der Waals surface area contributed by atoms with Crippen molar-refractivity contribution in [3.63, 3.8) is 0 Å². The zero-order valence-corrected chi connectivity index (χ0v) is 20.0. The molecule has 1 aliphatic heterocycles. The van der Waals surface area contributed by atoms with Crippen molar-refractivity contribution in [1.29, 1.82) is 0 Å². The predicted octanol–water partition coefficient (Wildman–Crippen LogP) is 4.34. The second kappa shape index (κ2) is 9.89. The topological polar surface area (TPSA) is 79.7 Å². The van der Waals surface area contributed by atoms with E-state index in [1.165, 1.54) is 18.4 Å². The first-order valence-corrected chi connectivity index (χ1v) is 12.3. The van der Waals surface area contributed by atoms with E-state index in [0.29, 0.717) is 6.54 Å². The fraction of sp³-hybridized carbons (Fsp3) is 0.407. The zero-order valence-electron chi connectivity index (χ0n) is 20.0. The number of fused-ring (bicyclic) bond motifs is 1. The van der Waals surface area contributed by atoms with Gasteiger partial charge in [0.1, 0.15) is 6.04 Å². The highest BCUT2D eigenvalue weighted by atomic mass is 16.1. The molecule has 0 aliphatic carbocycles. The third kappa shape index (κ3) is 4.53. The normalized spacial score (nSPS) is 15.9. The van der Waals surface area contributed by atoms with E-state index in [2.05, 4.69) is 74.8 Å². The van der Waals surface area contributed by atoms with Gasteiger partial charge in [-0.25, -0.2) is 4.68 Å². The molecule has 1 saturated heterocycles. The van der Waals surface area contributed by atoms with Gasteiger partial charge in [0.05, 0.1) is 5.52 Å². The van der Waals surface area contributed by atoms with Crippen molar-refractivity contribution in [1.82, 2.24) is 30.1 Å². The number of rotatable bonds is 6. The number of likely N-dealkylation sites (tertiary alicyclic amines) is 1. The first kappa shape index (κ1) is 22.5. The van der Waals surface area contributed by atoms with Crippen LogP contribution in [0.3, 0.4) is 0 Å². The van der Waals surface area contributed by atoms with Crippen LogP contribution in [0.25, 0.3) is 10.9 Å². The highest BCUT2D eigenvalue weighted by Crippen LogP contribution is 2.30. The van der Waals surface area contributed by atoms with E-state index in [1.807, 2.05) is 17.7 Å². The Kier molecular flexibility index (Phi) is 6.54. The van der Waals surface area contributed by atoms with Crippen molar-refractivity contribution in [2.24, 2.45) is 0 Å². The third-order valence-electron chi connectivity index (χ3n) is 7.03. The first-order valence-electron chi connectivity index (χ1n) is 12.3. The minimum atomic E-state index is -0.281.